The molecule has 2 aliphatic rings. The molecule has 2 aliphatic carbocycles. The summed E-state index contributed by atoms with van der Waals surface area (Å²) in [4.78, 5) is 0. The number of benzene rings is 1. The minimum Gasteiger partial charge on any atom is -0.388 e. The van der Waals surface area contributed by atoms with Gasteiger partial charge in [0.2, 0.25) is 0 Å². The van der Waals surface area contributed by atoms with E-state index in [1.54, 1.807) is 5.56 Å². The predicted molar refractivity (Wildman–Crippen MR) is 65.6 cm³/mol. The number of rotatable bonds is 0. The number of aliphatic hydroxyl groups excluding tert-OH is 1. The molecular formula is C15H20O. The smallest absolute Gasteiger partial charge is 0.0792 e. The zero-order chi connectivity index (χ0) is 11.0. The first-order chi connectivity index (χ1) is 7.84. The molecule has 16 heavy (non-hydrogen) atoms. The Morgan fingerprint density at radius 2 is 1.44 bits per heavy atom. The fourth-order valence-corrected chi connectivity index (χ4v) is 3.19. The summed E-state index contributed by atoms with van der Waals surface area (Å²) in [6.07, 6.45) is 9.45. The lowest BCUT2D eigenvalue weighted by Crippen LogP contribution is -2.07. The van der Waals surface area contributed by atoms with E-state index >= 15 is 0 Å². The van der Waals surface area contributed by atoms with Gasteiger partial charge in [-0.05, 0) is 67.2 Å². The summed E-state index contributed by atoms with van der Waals surface area (Å²) >= 11 is 0. The van der Waals surface area contributed by atoms with Crippen LogP contribution < -0.4 is 0 Å². The van der Waals surface area contributed by atoms with E-state index in [-0.39, 0.29) is 6.10 Å². The maximum absolute atomic E-state index is 10.1. The molecule has 0 saturated carbocycles. The van der Waals surface area contributed by atoms with E-state index in [1.807, 2.05) is 0 Å². The first-order valence-electron chi connectivity index (χ1n) is 6.67. The molecule has 0 fully saturated rings. The Morgan fingerprint density at radius 3 is 2.25 bits per heavy atom. The van der Waals surface area contributed by atoms with Crippen LogP contribution in [0, 0.1) is 0 Å². The second kappa shape index (κ2) is 4.21. The third kappa shape index (κ3) is 1.78. The van der Waals surface area contributed by atoms with E-state index in [4.69, 9.17) is 0 Å². The summed E-state index contributed by atoms with van der Waals surface area (Å²) in [7, 11) is 0. The van der Waals surface area contributed by atoms with Gasteiger partial charge in [0, 0.05) is 0 Å². The predicted octanol–water partition coefficient (Wildman–Crippen LogP) is 3.33. The Hall–Kier alpha value is -0.820. The highest BCUT2D eigenvalue weighted by molar-refractivity contribution is 5.41. The monoisotopic (exact) mass is 216 g/mol. The summed E-state index contributed by atoms with van der Waals surface area (Å²) in [5.41, 5.74) is 5.72. The van der Waals surface area contributed by atoms with Crippen LogP contribution in [-0.4, -0.2) is 5.11 Å². The van der Waals surface area contributed by atoms with Crippen molar-refractivity contribution in [2.75, 3.05) is 0 Å². The van der Waals surface area contributed by atoms with Crippen molar-refractivity contribution in [3.8, 4) is 0 Å². The molecule has 0 unspecified atom stereocenters. The van der Waals surface area contributed by atoms with E-state index in [9.17, 15) is 5.11 Å². The molecule has 0 aromatic heterocycles. The minimum atomic E-state index is -0.204. The molecule has 0 spiro atoms. The molecule has 0 heterocycles. The van der Waals surface area contributed by atoms with Gasteiger partial charge in [0.1, 0.15) is 0 Å². The number of aryl methyl sites for hydroxylation is 3. The first-order valence-corrected chi connectivity index (χ1v) is 6.67. The van der Waals surface area contributed by atoms with Crippen molar-refractivity contribution in [2.24, 2.45) is 0 Å². The summed E-state index contributed by atoms with van der Waals surface area (Å²) in [5, 5.41) is 10.1. The van der Waals surface area contributed by atoms with Crippen molar-refractivity contribution in [3.05, 3.63) is 34.4 Å². The van der Waals surface area contributed by atoms with Gasteiger partial charge < -0.3 is 5.11 Å². The molecule has 86 valence electrons. The van der Waals surface area contributed by atoms with Gasteiger partial charge in [-0.15, -0.1) is 0 Å². The van der Waals surface area contributed by atoms with Crippen LogP contribution in [0.25, 0.3) is 0 Å². The van der Waals surface area contributed by atoms with Crippen molar-refractivity contribution >= 4 is 0 Å². The van der Waals surface area contributed by atoms with E-state index in [1.165, 1.54) is 61.6 Å². The molecule has 1 heteroatoms. The van der Waals surface area contributed by atoms with Gasteiger partial charge in [-0.1, -0.05) is 18.6 Å². The molecule has 1 atom stereocenters. The first kappa shape index (κ1) is 10.3. The van der Waals surface area contributed by atoms with Crippen LogP contribution in [0.2, 0.25) is 0 Å². The molecule has 0 saturated heterocycles. The Balaban J connectivity index is 2.06. The van der Waals surface area contributed by atoms with Crippen LogP contribution in [0.4, 0.5) is 0 Å². The highest BCUT2D eigenvalue weighted by atomic mass is 16.3. The maximum atomic E-state index is 10.1. The van der Waals surface area contributed by atoms with Gasteiger partial charge in [0.25, 0.3) is 0 Å². The van der Waals surface area contributed by atoms with Gasteiger partial charge in [0.05, 0.1) is 6.10 Å². The van der Waals surface area contributed by atoms with Crippen molar-refractivity contribution in [1.29, 1.82) is 0 Å². The normalized spacial score (nSPS) is 24.4. The Bertz CT molecular complexity index is 395. The van der Waals surface area contributed by atoms with Gasteiger partial charge in [0.15, 0.2) is 0 Å². The van der Waals surface area contributed by atoms with Crippen LogP contribution in [0.1, 0.15) is 60.5 Å². The average Bonchev–Trinajstić information content (AvgIpc) is 2.49. The van der Waals surface area contributed by atoms with Crippen LogP contribution in [0.5, 0.6) is 0 Å². The zero-order valence-electron chi connectivity index (χ0n) is 9.84. The number of hydrogen-bond donors (Lipinski definition) is 1. The molecular weight excluding hydrogens is 196 g/mol. The maximum Gasteiger partial charge on any atom is 0.0792 e. The van der Waals surface area contributed by atoms with Crippen molar-refractivity contribution in [1.82, 2.24) is 0 Å². The van der Waals surface area contributed by atoms with Gasteiger partial charge in [-0.2, -0.15) is 0 Å². The number of hydrogen-bond acceptors (Lipinski definition) is 1. The average molecular weight is 216 g/mol. The number of aliphatic hydroxyl groups is 1. The van der Waals surface area contributed by atoms with Crippen LogP contribution in [0.3, 0.4) is 0 Å². The highest BCUT2D eigenvalue weighted by Gasteiger charge is 2.19. The van der Waals surface area contributed by atoms with Gasteiger partial charge >= 0.3 is 0 Å². The second-order valence-electron chi connectivity index (χ2n) is 5.29. The minimum absolute atomic E-state index is 0.204. The molecule has 0 aliphatic heterocycles. The van der Waals surface area contributed by atoms with Crippen LogP contribution >= 0.6 is 0 Å². The van der Waals surface area contributed by atoms with Crippen molar-refractivity contribution in [2.45, 2.75) is 57.5 Å². The SMILES string of the molecule is O[C@H]1CCCCc2cc3c(cc21)CCCC3. The Labute approximate surface area is 97.5 Å². The summed E-state index contributed by atoms with van der Waals surface area (Å²) in [5.74, 6) is 0. The lowest BCUT2D eigenvalue weighted by Gasteiger charge is -2.20. The lowest BCUT2D eigenvalue weighted by atomic mass is 9.86. The van der Waals surface area contributed by atoms with E-state index in [0.29, 0.717) is 0 Å². The second-order valence-corrected chi connectivity index (χ2v) is 5.29. The standard InChI is InChI=1S/C15H20O/c16-15-8-4-3-7-13-9-11-5-1-2-6-12(11)10-14(13)15/h9-10,15-16H,1-8H2/t15-/m0/s1. The summed E-state index contributed by atoms with van der Waals surface area (Å²) < 4.78 is 0. The quantitative estimate of drug-likeness (QED) is 0.660. The Morgan fingerprint density at radius 1 is 0.812 bits per heavy atom. The zero-order valence-corrected chi connectivity index (χ0v) is 9.84. The molecule has 1 nitrogen and oxygen atoms in total. The summed E-state index contributed by atoms with van der Waals surface area (Å²) in [6.45, 7) is 0. The van der Waals surface area contributed by atoms with Crippen LogP contribution in [0.15, 0.2) is 12.1 Å². The topological polar surface area (TPSA) is 20.2 Å². The van der Waals surface area contributed by atoms with Gasteiger partial charge in [-0.25, -0.2) is 0 Å². The van der Waals surface area contributed by atoms with E-state index in [0.717, 1.165) is 6.42 Å². The fraction of sp³-hybridized carbons (Fsp3) is 0.600. The van der Waals surface area contributed by atoms with E-state index in [2.05, 4.69) is 12.1 Å². The van der Waals surface area contributed by atoms with Crippen LogP contribution in [-0.2, 0) is 19.3 Å². The highest BCUT2D eigenvalue weighted by Crippen LogP contribution is 2.33. The van der Waals surface area contributed by atoms with Crippen molar-refractivity contribution < 1.29 is 5.11 Å². The summed E-state index contributed by atoms with van der Waals surface area (Å²) in [6, 6.07) is 4.69. The van der Waals surface area contributed by atoms with E-state index < -0.39 is 0 Å². The van der Waals surface area contributed by atoms with Crippen molar-refractivity contribution in [3.63, 3.8) is 0 Å². The molecule has 1 aromatic carbocycles. The molecule has 1 aromatic rings. The molecule has 0 bridgehead atoms. The van der Waals surface area contributed by atoms with Gasteiger partial charge in [-0.3, -0.25) is 0 Å². The Kier molecular flexibility index (Phi) is 2.72. The molecule has 0 amide bonds. The molecule has 1 N–H and O–H groups in total. The molecule has 0 radical (unpaired) electrons. The molecule has 3 rings (SSSR count). The lowest BCUT2D eigenvalue weighted by molar-refractivity contribution is 0.166. The fourth-order valence-electron chi connectivity index (χ4n) is 3.19. The third-order valence-electron chi connectivity index (χ3n) is 4.14. The largest absolute Gasteiger partial charge is 0.388 e. The number of fused-ring (bicyclic) bond motifs is 2. The third-order valence-corrected chi connectivity index (χ3v) is 4.14.